The average Bonchev–Trinajstić information content (AvgIpc) is 3.39. The third kappa shape index (κ3) is 4.17. The summed E-state index contributed by atoms with van der Waals surface area (Å²) in [4.78, 5) is 12.7. The van der Waals surface area contributed by atoms with Gasteiger partial charge >= 0.3 is 0 Å². The second kappa shape index (κ2) is 11.0. The van der Waals surface area contributed by atoms with Crippen LogP contribution in [0.25, 0.3) is 0 Å². The number of hydroxylamine groups is 1. The van der Waals surface area contributed by atoms with Crippen LogP contribution in [-0.2, 0) is 16.0 Å². The van der Waals surface area contributed by atoms with Crippen molar-refractivity contribution in [3.05, 3.63) is 82.9 Å². The monoisotopic (exact) mass is 556 g/mol. The summed E-state index contributed by atoms with van der Waals surface area (Å²) < 4.78 is 18.3. The van der Waals surface area contributed by atoms with Crippen LogP contribution in [0.5, 0.6) is 17.5 Å². The number of ether oxygens (including phenoxy) is 3. The van der Waals surface area contributed by atoms with E-state index in [1.165, 1.54) is 20.6 Å². The molecule has 1 saturated heterocycles. The first kappa shape index (κ1) is 27.5. The minimum atomic E-state index is -1.68. The number of nitrogens with zero attached hydrogens (tertiary/aromatic N) is 3. The number of pyridine rings is 1. The number of rotatable bonds is 8. The second-order valence-corrected chi connectivity index (χ2v) is 11.1. The highest BCUT2D eigenvalue weighted by atomic mass is 16.6. The molecular formula is C32H36N4O5. The summed E-state index contributed by atoms with van der Waals surface area (Å²) in [5.41, 5.74) is 2.96. The molecule has 214 valence electrons. The number of fused-ring (bicyclic) bond motifs is 3. The van der Waals surface area contributed by atoms with E-state index in [1.54, 1.807) is 25.3 Å². The molecule has 41 heavy (non-hydrogen) atoms. The minimum Gasteiger partial charge on any atom is -0.481 e. The van der Waals surface area contributed by atoms with E-state index < -0.39 is 17.2 Å². The Labute approximate surface area is 240 Å². The van der Waals surface area contributed by atoms with Crippen LogP contribution in [0.1, 0.15) is 47.4 Å². The van der Waals surface area contributed by atoms with E-state index in [1.807, 2.05) is 30.3 Å². The van der Waals surface area contributed by atoms with Gasteiger partial charge < -0.3 is 29.1 Å². The van der Waals surface area contributed by atoms with Crippen molar-refractivity contribution >= 4 is 0 Å². The second-order valence-electron chi connectivity index (χ2n) is 11.1. The fraction of sp³-hybridized carbons (Fsp3) is 0.438. The molecule has 0 amide bonds. The number of benzene rings is 2. The standard InChI is InChI=1S/C32H36N4O5/c1-38-26-18-25-28(30(34-26)39-2)31(37)29(35-40-3)24(20-36-16-8-5-9-17-36)27(22-10-6-4-7-11-22)32(31,41-25)23-14-12-21(19-33)13-15-23/h4,6-7,10-15,18,24,27,29,35,37H,5,8-9,16-17,20H2,1-3H3/t24-,27-,29-,31+,32+/m1/s1. The van der Waals surface area contributed by atoms with E-state index >= 15 is 0 Å². The highest BCUT2D eigenvalue weighted by molar-refractivity contribution is 5.60. The van der Waals surface area contributed by atoms with Crippen LogP contribution < -0.4 is 19.7 Å². The molecule has 5 atom stereocenters. The first-order valence-electron chi connectivity index (χ1n) is 14.1. The largest absolute Gasteiger partial charge is 0.481 e. The molecule has 3 aliphatic rings. The maximum Gasteiger partial charge on any atom is 0.226 e. The molecule has 0 spiro atoms. The summed E-state index contributed by atoms with van der Waals surface area (Å²) in [7, 11) is 4.63. The summed E-state index contributed by atoms with van der Waals surface area (Å²) in [6.07, 6.45) is 3.52. The zero-order valence-electron chi connectivity index (χ0n) is 23.7. The van der Waals surface area contributed by atoms with Gasteiger partial charge in [-0.3, -0.25) is 0 Å². The molecule has 1 aliphatic carbocycles. The van der Waals surface area contributed by atoms with Crippen molar-refractivity contribution in [3.63, 3.8) is 0 Å². The molecule has 0 radical (unpaired) electrons. The zero-order valence-corrected chi connectivity index (χ0v) is 23.7. The van der Waals surface area contributed by atoms with E-state index in [-0.39, 0.29) is 17.7 Å². The maximum absolute atomic E-state index is 13.4. The van der Waals surface area contributed by atoms with Crippen molar-refractivity contribution in [1.29, 1.82) is 5.26 Å². The van der Waals surface area contributed by atoms with Crippen molar-refractivity contribution in [2.24, 2.45) is 5.92 Å². The Morgan fingerprint density at radius 1 is 1.05 bits per heavy atom. The number of hydrogen-bond donors (Lipinski definition) is 2. The quantitative estimate of drug-likeness (QED) is 0.400. The van der Waals surface area contributed by atoms with Crippen molar-refractivity contribution < 1.29 is 24.2 Å². The Kier molecular flexibility index (Phi) is 7.34. The molecule has 2 aromatic carbocycles. The van der Waals surface area contributed by atoms with Gasteiger partial charge in [0.2, 0.25) is 11.8 Å². The Bertz CT molecular complexity index is 1420. The van der Waals surface area contributed by atoms with Gasteiger partial charge in [0.15, 0.2) is 11.2 Å². The fourth-order valence-corrected chi connectivity index (χ4v) is 7.43. The topological polar surface area (TPSA) is 109 Å². The van der Waals surface area contributed by atoms with Gasteiger partial charge in [-0.2, -0.15) is 15.7 Å². The number of methoxy groups -OCH3 is 2. The summed E-state index contributed by atoms with van der Waals surface area (Å²) in [5.74, 6) is 0.512. The summed E-state index contributed by atoms with van der Waals surface area (Å²) in [6, 6.07) is 20.8. The Morgan fingerprint density at radius 3 is 2.41 bits per heavy atom. The first-order valence-corrected chi connectivity index (χ1v) is 14.1. The number of nitriles is 1. The zero-order chi connectivity index (χ0) is 28.6. The fourth-order valence-electron chi connectivity index (χ4n) is 7.43. The summed E-state index contributed by atoms with van der Waals surface area (Å²) in [6.45, 7) is 2.73. The first-order chi connectivity index (χ1) is 20.0. The average molecular weight is 557 g/mol. The minimum absolute atomic E-state index is 0.143. The van der Waals surface area contributed by atoms with E-state index in [9.17, 15) is 10.4 Å². The molecule has 3 heterocycles. The smallest absolute Gasteiger partial charge is 0.226 e. The van der Waals surface area contributed by atoms with Crippen LogP contribution in [0.3, 0.4) is 0 Å². The van der Waals surface area contributed by atoms with Crippen molar-refractivity contribution in [1.82, 2.24) is 15.4 Å². The number of nitrogens with one attached hydrogen (secondary N) is 1. The predicted octanol–water partition coefficient (Wildman–Crippen LogP) is 3.87. The molecule has 6 rings (SSSR count). The Morgan fingerprint density at radius 2 is 1.78 bits per heavy atom. The number of aliphatic hydroxyl groups is 1. The van der Waals surface area contributed by atoms with E-state index in [0.29, 0.717) is 22.8 Å². The van der Waals surface area contributed by atoms with Gasteiger partial charge in [0.25, 0.3) is 0 Å². The molecule has 2 N–H and O–H groups in total. The highest BCUT2D eigenvalue weighted by Gasteiger charge is 2.77. The van der Waals surface area contributed by atoms with Gasteiger partial charge in [-0.1, -0.05) is 48.9 Å². The number of aromatic nitrogens is 1. The normalized spacial score (nSPS) is 28.8. The van der Waals surface area contributed by atoms with Crippen LogP contribution >= 0.6 is 0 Å². The molecule has 1 aromatic heterocycles. The lowest BCUT2D eigenvalue weighted by molar-refractivity contribution is -0.137. The molecule has 0 bridgehead atoms. The SMILES string of the molecule is CON[C@@H]1[C@H](CN2CCCCC2)[C@@H](c2ccccc2)[C@]2(c3ccc(C#N)cc3)Oc3cc(OC)nc(OC)c3[C@]12O. The van der Waals surface area contributed by atoms with Gasteiger partial charge in [-0.25, -0.2) is 0 Å². The summed E-state index contributed by atoms with van der Waals surface area (Å²) >= 11 is 0. The van der Waals surface area contributed by atoms with Gasteiger partial charge in [-0.15, -0.1) is 0 Å². The third-order valence-electron chi connectivity index (χ3n) is 9.06. The van der Waals surface area contributed by atoms with Crippen molar-refractivity contribution in [2.45, 2.75) is 42.4 Å². The molecule has 2 aliphatic heterocycles. The highest BCUT2D eigenvalue weighted by Crippen LogP contribution is 2.70. The molecule has 3 aromatic rings. The van der Waals surface area contributed by atoms with Crippen LogP contribution in [-0.4, -0.2) is 62.0 Å². The number of hydrogen-bond acceptors (Lipinski definition) is 9. The van der Waals surface area contributed by atoms with Gasteiger partial charge in [0, 0.05) is 24.4 Å². The molecule has 9 nitrogen and oxygen atoms in total. The van der Waals surface area contributed by atoms with Gasteiger partial charge in [-0.05, 0) is 49.2 Å². The van der Waals surface area contributed by atoms with E-state index in [0.717, 1.165) is 43.6 Å². The van der Waals surface area contributed by atoms with Gasteiger partial charge in [0.05, 0.1) is 44.6 Å². The lowest BCUT2D eigenvalue weighted by atomic mass is 9.70. The van der Waals surface area contributed by atoms with Crippen LogP contribution in [0.15, 0.2) is 60.7 Å². The Balaban J connectivity index is 1.66. The van der Waals surface area contributed by atoms with Gasteiger partial charge in [0.1, 0.15) is 5.75 Å². The third-order valence-corrected chi connectivity index (χ3v) is 9.06. The Hall–Kier alpha value is -3.68. The van der Waals surface area contributed by atoms with Crippen LogP contribution in [0, 0.1) is 17.2 Å². The van der Waals surface area contributed by atoms with Crippen molar-refractivity contribution in [2.75, 3.05) is 41.0 Å². The predicted molar refractivity (Wildman–Crippen MR) is 152 cm³/mol. The maximum atomic E-state index is 13.4. The summed E-state index contributed by atoms with van der Waals surface area (Å²) in [5, 5.41) is 23.0. The number of piperidine rings is 1. The van der Waals surface area contributed by atoms with E-state index in [2.05, 4.69) is 33.6 Å². The molecule has 2 fully saturated rings. The van der Waals surface area contributed by atoms with Crippen LogP contribution in [0.2, 0.25) is 0 Å². The molecular weight excluding hydrogens is 520 g/mol. The molecule has 1 saturated carbocycles. The lowest BCUT2D eigenvalue weighted by Gasteiger charge is -2.41. The number of likely N-dealkylation sites (tertiary alicyclic amines) is 1. The van der Waals surface area contributed by atoms with E-state index in [4.69, 9.17) is 19.0 Å². The lowest BCUT2D eigenvalue weighted by Crippen LogP contribution is -2.56. The van der Waals surface area contributed by atoms with Crippen LogP contribution in [0.4, 0.5) is 0 Å². The molecule has 9 heteroatoms. The van der Waals surface area contributed by atoms with Crippen molar-refractivity contribution in [3.8, 4) is 23.6 Å². The molecule has 0 unspecified atom stereocenters.